The maximum atomic E-state index is 14.7. The number of anilines is 1. The van der Waals surface area contributed by atoms with Crippen LogP contribution in [0, 0.1) is 5.82 Å². The second-order valence-electron chi connectivity index (χ2n) is 6.88. The van der Waals surface area contributed by atoms with Crippen LogP contribution in [0.15, 0.2) is 67.0 Å². The van der Waals surface area contributed by atoms with Crippen LogP contribution in [-0.4, -0.2) is 14.7 Å². The van der Waals surface area contributed by atoms with Gasteiger partial charge in [0, 0.05) is 24.1 Å². The molecule has 6 heteroatoms. The first-order chi connectivity index (χ1) is 13.1. The highest BCUT2D eigenvalue weighted by molar-refractivity contribution is 7.80. The summed E-state index contributed by atoms with van der Waals surface area (Å²) in [4.78, 5) is 6.40. The van der Waals surface area contributed by atoms with Crippen molar-refractivity contribution < 1.29 is 4.39 Å². The second-order valence-corrected chi connectivity index (χ2v) is 7.27. The van der Waals surface area contributed by atoms with Gasteiger partial charge in [-0.3, -0.25) is 4.98 Å². The number of thiocarbonyl (C=S) groups is 1. The first kappa shape index (κ1) is 17.7. The van der Waals surface area contributed by atoms with Crippen LogP contribution in [0.2, 0.25) is 0 Å². The minimum Gasteiger partial charge on any atom is -0.351 e. The van der Waals surface area contributed by atoms with E-state index in [4.69, 9.17) is 12.2 Å². The molecule has 1 aliphatic rings. The Bertz CT molecular complexity index is 954. The Kier molecular flexibility index (Phi) is 4.66. The lowest BCUT2D eigenvalue weighted by atomic mass is 10.0. The Morgan fingerprint density at radius 3 is 2.56 bits per heavy atom. The number of aromatic nitrogens is 2. The number of halogens is 1. The molecule has 0 spiro atoms. The second kappa shape index (κ2) is 7.12. The van der Waals surface area contributed by atoms with E-state index in [2.05, 4.69) is 41.0 Å². The molecule has 1 saturated heterocycles. The van der Waals surface area contributed by atoms with E-state index in [9.17, 15) is 4.39 Å². The third-order valence-corrected chi connectivity index (χ3v) is 5.20. The Morgan fingerprint density at radius 2 is 1.85 bits per heavy atom. The van der Waals surface area contributed by atoms with Gasteiger partial charge in [-0.1, -0.05) is 18.2 Å². The number of para-hydroxylation sites is 1. The zero-order valence-electron chi connectivity index (χ0n) is 15.2. The van der Waals surface area contributed by atoms with Crippen LogP contribution in [0.25, 0.3) is 0 Å². The third-order valence-electron chi connectivity index (χ3n) is 4.88. The predicted octanol–water partition coefficient (Wildman–Crippen LogP) is 4.78. The van der Waals surface area contributed by atoms with E-state index in [0.29, 0.717) is 10.8 Å². The standard InChI is InChI=1S/C21H21FN4S/c1-14(2)25-13-7-11-18(25)20-19(16-9-5-6-12-23-16)24-21(27)26(20)17-10-4-3-8-15(17)22/h3-14,19-20H,1-2H3,(H,24,27). The molecule has 4 rings (SSSR count). The van der Waals surface area contributed by atoms with Gasteiger partial charge in [0.2, 0.25) is 0 Å². The van der Waals surface area contributed by atoms with Crippen molar-refractivity contribution >= 4 is 23.0 Å². The zero-order chi connectivity index (χ0) is 19.0. The predicted molar refractivity (Wildman–Crippen MR) is 109 cm³/mol. The minimum atomic E-state index is -0.295. The maximum Gasteiger partial charge on any atom is 0.174 e. The molecule has 4 nitrogen and oxygen atoms in total. The summed E-state index contributed by atoms with van der Waals surface area (Å²) in [5.74, 6) is -0.295. The Balaban J connectivity index is 1.88. The fourth-order valence-corrected chi connectivity index (χ4v) is 4.03. The van der Waals surface area contributed by atoms with Gasteiger partial charge in [-0.05, 0) is 62.5 Å². The summed E-state index contributed by atoms with van der Waals surface area (Å²) in [6.45, 7) is 4.26. The van der Waals surface area contributed by atoms with Crippen molar-refractivity contribution in [1.82, 2.24) is 14.9 Å². The largest absolute Gasteiger partial charge is 0.351 e. The van der Waals surface area contributed by atoms with Gasteiger partial charge < -0.3 is 14.8 Å². The molecule has 0 amide bonds. The van der Waals surface area contributed by atoms with Crippen molar-refractivity contribution in [2.24, 2.45) is 0 Å². The molecule has 3 aromatic rings. The fraction of sp³-hybridized carbons (Fsp3) is 0.238. The molecule has 2 aromatic heterocycles. The van der Waals surface area contributed by atoms with Crippen LogP contribution in [-0.2, 0) is 0 Å². The van der Waals surface area contributed by atoms with Gasteiger partial charge in [0.25, 0.3) is 0 Å². The van der Waals surface area contributed by atoms with Gasteiger partial charge in [0.05, 0.1) is 17.4 Å². The van der Waals surface area contributed by atoms with Crippen molar-refractivity contribution in [3.8, 4) is 0 Å². The van der Waals surface area contributed by atoms with Gasteiger partial charge in [-0.15, -0.1) is 0 Å². The molecular formula is C21H21FN4S. The number of pyridine rings is 1. The number of hydrogen-bond acceptors (Lipinski definition) is 2. The number of nitrogens with zero attached hydrogens (tertiary/aromatic N) is 3. The van der Waals surface area contributed by atoms with E-state index in [1.54, 1.807) is 18.3 Å². The van der Waals surface area contributed by atoms with Gasteiger partial charge in [-0.2, -0.15) is 0 Å². The molecule has 0 radical (unpaired) electrons. The van der Waals surface area contributed by atoms with E-state index in [1.165, 1.54) is 6.07 Å². The van der Waals surface area contributed by atoms with Crippen LogP contribution in [0.5, 0.6) is 0 Å². The number of nitrogens with one attached hydrogen (secondary N) is 1. The van der Waals surface area contributed by atoms with E-state index in [-0.39, 0.29) is 23.9 Å². The summed E-state index contributed by atoms with van der Waals surface area (Å²) in [6, 6.07) is 16.5. The quantitative estimate of drug-likeness (QED) is 0.661. The lowest BCUT2D eigenvalue weighted by molar-refractivity contribution is 0.494. The summed E-state index contributed by atoms with van der Waals surface area (Å²) in [6.07, 6.45) is 3.82. The van der Waals surface area contributed by atoms with Crippen molar-refractivity contribution in [1.29, 1.82) is 0 Å². The van der Waals surface area contributed by atoms with E-state index < -0.39 is 0 Å². The molecule has 1 N–H and O–H groups in total. The van der Waals surface area contributed by atoms with Crippen LogP contribution in [0.1, 0.15) is 43.4 Å². The Morgan fingerprint density at radius 1 is 1.07 bits per heavy atom. The van der Waals surface area contributed by atoms with E-state index in [1.807, 2.05) is 35.2 Å². The molecule has 3 heterocycles. The van der Waals surface area contributed by atoms with Crippen molar-refractivity contribution in [2.45, 2.75) is 32.0 Å². The summed E-state index contributed by atoms with van der Waals surface area (Å²) in [5.41, 5.74) is 2.41. The van der Waals surface area contributed by atoms with Gasteiger partial charge in [0.15, 0.2) is 5.11 Å². The average Bonchev–Trinajstić information content (AvgIpc) is 3.27. The molecule has 27 heavy (non-hydrogen) atoms. The van der Waals surface area contributed by atoms with Gasteiger partial charge >= 0.3 is 0 Å². The van der Waals surface area contributed by atoms with Crippen molar-refractivity contribution in [3.63, 3.8) is 0 Å². The van der Waals surface area contributed by atoms with Crippen LogP contribution >= 0.6 is 12.2 Å². The molecule has 0 aliphatic carbocycles. The summed E-state index contributed by atoms with van der Waals surface area (Å²) < 4.78 is 16.9. The molecule has 1 aromatic carbocycles. The fourth-order valence-electron chi connectivity index (χ4n) is 3.69. The average molecular weight is 380 g/mol. The molecule has 138 valence electrons. The Hall–Kier alpha value is -2.73. The molecule has 1 fully saturated rings. The normalized spacial score (nSPS) is 19.6. The highest BCUT2D eigenvalue weighted by Gasteiger charge is 2.42. The van der Waals surface area contributed by atoms with Gasteiger partial charge in [0.1, 0.15) is 11.9 Å². The van der Waals surface area contributed by atoms with Crippen molar-refractivity contribution in [3.05, 3.63) is 84.2 Å². The lowest BCUT2D eigenvalue weighted by Crippen LogP contribution is -2.31. The maximum absolute atomic E-state index is 14.7. The van der Waals surface area contributed by atoms with Gasteiger partial charge in [-0.25, -0.2) is 4.39 Å². The SMILES string of the molecule is CC(C)n1cccc1C1C(c2ccccn2)NC(=S)N1c1ccccc1F. The highest BCUT2D eigenvalue weighted by Crippen LogP contribution is 2.42. The molecule has 0 bridgehead atoms. The van der Waals surface area contributed by atoms with Crippen LogP contribution in [0.4, 0.5) is 10.1 Å². The third kappa shape index (κ3) is 3.10. The number of rotatable bonds is 4. The number of hydrogen-bond donors (Lipinski definition) is 1. The molecular weight excluding hydrogens is 359 g/mol. The van der Waals surface area contributed by atoms with Crippen molar-refractivity contribution in [2.75, 3.05) is 4.90 Å². The van der Waals surface area contributed by atoms with E-state index in [0.717, 1.165) is 11.4 Å². The Labute approximate surface area is 163 Å². The highest BCUT2D eigenvalue weighted by atomic mass is 32.1. The van der Waals surface area contributed by atoms with E-state index >= 15 is 0 Å². The topological polar surface area (TPSA) is 33.1 Å². The summed E-state index contributed by atoms with van der Waals surface area (Å²) in [7, 11) is 0. The number of benzene rings is 1. The molecule has 0 saturated carbocycles. The smallest absolute Gasteiger partial charge is 0.174 e. The first-order valence-electron chi connectivity index (χ1n) is 9.00. The first-order valence-corrected chi connectivity index (χ1v) is 9.40. The summed E-state index contributed by atoms with van der Waals surface area (Å²) >= 11 is 5.63. The molecule has 1 aliphatic heterocycles. The lowest BCUT2D eigenvalue weighted by Gasteiger charge is -2.30. The van der Waals surface area contributed by atoms with Crippen LogP contribution in [0.3, 0.4) is 0 Å². The monoisotopic (exact) mass is 380 g/mol. The molecule has 2 atom stereocenters. The summed E-state index contributed by atoms with van der Waals surface area (Å²) in [5, 5.41) is 3.86. The minimum absolute atomic E-state index is 0.175. The van der Waals surface area contributed by atoms with Crippen LogP contribution < -0.4 is 10.2 Å². The zero-order valence-corrected chi connectivity index (χ0v) is 16.0. The molecule has 2 unspecified atom stereocenters.